The van der Waals surface area contributed by atoms with Crippen LogP contribution in [0.25, 0.3) is 0 Å². The summed E-state index contributed by atoms with van der Waals surface area (Å²) in [6.07, 6.45) is 8.58. The Hall–Kier alpha value is -1.50. The van der Waals surface area contributed by atoms with Gasteiger partial charge in [-0.2, -0.15) is 0 Å². The van der Waals surface area contributed by atoms with Gasteiger partial charge in [0, 0.05) is 38.9 Å². The molecule has 0 aromatic carbocycles. The highest BCUT2D eigenvalue weighted by atomic mass is 16.2. The van der Waals surface area contributed by atoms with Crippen molar-refractivity contribution >= 4 is 11.8 Å². The van der Waals surface area contributed by atoms with Gasteiger partial charge >= 0.3 is 0 Å². The Kier molecular flexibility index (Phi) is 3.37. The van der Waals surface area contributed by atoms with E-state index in [4.69, 9.17) is 6.42 Å². The van der Waals surface area contributed by atoms with Gasteiger partial charge in [0.05, 0.1) is 0 Å². The predicted molar refractivity (Wildman–Crippen MR) is 63.9 cm³/mol. The summed E-state index contributed by atoms with van der Waals surface area (Å²) in [7, 11) is 0. The number of nitrogens with zero attached hydrogens (tertiary/aromatic N) is 1. The molecule has 4 heteroatoms. The summed E-state index contributed by atoms with van der Waals surface area (Å²) >= 11 is 0. The number of rotatable bonds is 2. The molecule has 2 amide bonds. The Morgan fingerprint density at radius 2 is 2.18 bits per heavy atom. The number of amides is 2. The molecule has 2 fully saturated rings. The third-order valence-corrected chi connectivity index (χ3v) is 3.86. The Bertz CT molecular complexity index is 362. The minimum absolute atomic E-state index is 0.111. The molecule has 0 aliphatic carbocycles. The van der Waals surface area contributed by atoms with Crippen LogP contribution in [0.2, 0.25) is 0 Å². The number of likely N-dealkylation sites (tertiary alicyclic amines) is 1. The molecule has 0 bridgehead atoms. The minimum Gasteiger partial charge on any atom is -0.356 e. The maximum absolute atomic E-state index is 11.8. The van der Waals surface area contributed by atoms with E-state index in [9.17, 15) is 9.59 Å². The van der Waals surface area contributed by atoms with Gasteiger partial charge in [-0.1, -0.05) is 0 Å². The third kappa shape index (κ3) is 2.60. The molecule has 0 aromatic heterocycles. The second kappa shape index (κ2) is 4.79. The lowest BCUT2D eigenvalue weighted by Crippen LogP contribution is -2.43. The number of hydrogen-bond acceptors (Lipinski definition) is 2. The maximum atomic E-state index is 11.8. The molecule has 92 valence electrons. The normalized spacial score (nSPS) is 22.3. The van der Waals surface area contributed by atoms with E-state index in [1.807, 2.05) is 4.90 Å². The molecule has 2 rings (SSSR count). The van der Waals surface area contributed by atoms with Gasteiger partial charge in [0.25, 0.3) is 0 Å². The summed E-state index contributed by atoms with van der Waals surface area (Å²) in [5.74, 6) is 2.79. The van der Waals surface area contributed by atoms with Crippen molar-refractivity contribution in [2.75, 3.05) is 19.6 Å². The lowest BCUT2D eigenvalue weighted by molar-refractivity contribution is -0.133. The number of carbonyl (C=O) groups excluding carboxylic acids is 2. The van der Waals surface area contributed by atoms with Gasteiger partial charge in [-0.05, 0) is 18.3 Å². The fraction of sp³-hybridized carbons (Fsp3) is 0.692. The third-order valence-electron chi connectivity index (χ3n) is 3.86. The van der Waals surface area contributed by atoms with Crippen molar-refractivity contribution in [1.29, 1.82) is 0 Å². The van der Waals surface area contributed by atoms with Gasteiger partial charge in [0.2, 0.25) is 11.8 Å². The number of carbonyl (C=O) groups is 2. The zero-order valence-electron chi connectivity index (χ0n) is 10.00. The van der Waals surface area contributed by atoms with Crippen LogP contribution in [-0.4, -0.2) is 36.3 Å². The molecule has 17 heavy (non-hydrogen) atoms. The molecular weight excluding hydrogens is 216 g/mol. The lowest BCUT2D eigenvalue weighted by Gasteiger charge is -2.38. The molecule has 4 nitrogen and oxygen atoms in total. The fourth-order valence-electron chi connectivity index (χ4n) is 2.67. The standard InChI is InChI=1S/C13H18N2O2/c1-2-3-4-12(17)15-7-5-13(6-8-15)9-11(16)14-10-13/h1H,3-10H2,(H,14,16). The van der Waals surface area contributed by atoms with Crippen molar-refractivity contribution in [3.8, 4) is 12.3 Å². The van der Waals surface area contributed by atoms with Crippen LogP contribution in [0.15, 0.2) is 0 Å². The largest absolute Gasteiger partial charge is 0.356 e. The van der Waals surface area contributed by atoms with Crippen molar-refractivity contribution in [1.82, 2.24) is 10.2 Å². The van der Waals surface area contributed by atoms with Crippen molar-refractivity contribution in [3.05, 3.63) is 0 Å². The smallest absolute Gasteiger partial charge is 0.223 e. The first-order valence-electron chi connectivity index (χ1n) is 6.13. The molecular formula is C13H18N2O2. The number of hydrogen-bond donors (Lipinski definition) is 1. The Morgan fingerprint density at radius 3 is 2.71 bits per heavy atom. The van der Waals surface area contributed by atoms with E-state index in [0.717, 1.165) is 32.5 Å². The first-order valence-corrected chi connectivity index (χ1v) is 6.13. The van der Waals surface area contributed by atoms with Crippen LogP contribution in [0.3, 0.4) is 0 Å². The van der Waals surface area contributed by atoms with E-state index < -0.39 is 0 Å². The number of piperidine rings is 1. The Labute approximate surface area is 102 Å². The van der Waals surface area contributed by atoms with Crippen molar-refractivity contribution in [3.63, 3.8) is 0 Å². The molecule has 1 spiro atoms. The molecule has 2 heterocycles. The van der Waals surface area contributed by atoms with Gasteiger partial charge in [-0.25, -0.2) is 0 Å². The first-order chi connectivity index (χ1) is 8.15. The van der Waals surface area contributed by atoms with Crippen LogP contribution >= 0.6 is 0 Å². The molecule has 0 atom stereocenters. The molecule has 2 saturated heterocycles. The average molecular weight is 234 g/mol. The fourth-order valence-corrected chi connectivity index (χ4v) is 2.67. The predicted octanol–water partition coefficient (Wildman–Crippen LogP) is 0.528. The summed E-state index contributed by atoms with van der Waals surface area (Å²) in [5, 5.41) is 2.89. The number of nitrogens with one attached hydrogen (secondary N) is 1. The van der Waals surface area contributed by atoms with Crippen molar-refractivity contribution in [2.45, 2.75) is 32.1 Å². The second-order valence-electron chi connectivity index (χ2n) is 5.04. The average Bonchev–Trinajstić information content (AvgIpc) is 2.68. The maximum Gasteiger partial charge on any atom is 0.223 e. The molecule has 2 aliphatic heterocycles. The van der Waals surface area contributed by atoms with Crippen LogP contribution < -0.4 is 5.32 Å². The summed E-state index contributed by atoms with van der Waals surface area (Å²) < 4.78 is 0. The topological polar surface area (TPSA) is 49.4 Å². The molecule has 0 aromatic rings. The molecule has 0 saturated carbocycles. The molecule has 1 N–H and O–H groups in total. The minimum atomic E-state index is 0.111. The van der Waals surface area contributed by atoms with Gasteiger partial charge in [0.1, 0.15) is 0 Å². The molecule has 2 aliphatic rings. The summed E-state index contributed by atoms with van der Waals surface area (Å²) in [6, 6.07) is 0. The first kappa shape index (κ1) is 12.0. The lowest BCUT2D eigenvalue weighted by atomic mass is 9.77. The van der Waals surface area contributed by atoms with E-state index in [1.54, 1.807) is 0 Å². The van der Waals surface area contributed by atoms with Crippen LogP contribution in [0.5, 0.6) is 0 Å². The van der Waals surface area contributed by atoms with Crippen molar-refractivity contribution in [2.24, 2.45) is 5.41 Å². The van der Waals surface area contributed by atoms with E-state index in [2.05, 4.69) is 11.2 Å². The van der Waals surface area contributed by atoms with E-state index in [1.165, 1.54) is 0 Å². The Balaban J connectivity index is 1.84. The summed E-state index contributed by atoms with van der Waals surface area (Å²) in [6.45, 7) is 2.30. The van der Waals surface area contributed by atoms with Gasteiger partial charge < -0.3 is 10.2 Å². The van der Waals surface area contributed by atoms with E-state index in [0.29, 0.717) is 19.3 Å². The van der Waals surface area contributed by atoms with E-state index in [-0.39, 0.29) is 17.2 Å². The quantitative estimate of drug-likeness (QED) is 0.708. The second-order valence-corrected chi connectivity index (χ2v) is 5.04. The van der Waals surface area contributed by atoms with E-state index >= 15 is 0 Å². The summed E-state index contributed by atoms with van der Waals surface area (Å²) in [4.78, 5) is 24.9. The SMILES string of the molecule is C#CCCC(=O)N1CCC2(CC1)CNC(=O)C2. The highest BCUT2D eigenvalue weighted by molar-refractivity contribution is 5.79. The monoisotopic (exact) mass is 234 g/mol. The molecule has 0 radical (unpaired) electrons. The van der Waals surface area contributed by atoms with Gasteiger partial charge in [0.15, 0.2) is 0 Å². The highest BCUT2D eigenvalue weighted by Crippen LogP contribution is 2.37. The summed E-state index contributed by atoms with van der Waals surface area (Å²) in [5.41, 5.74) is 0.111. The van der Waals surface area contributed by atoms with Crippen LogP contribution in [-0.2, 0) is 9.59 Å². The Morgan fingerprint density at radius 1 is 1.47 bits per heavy atom. The molecule has 0 unspecified atom stereocenters. The zero-order valence-corrected chi connectivity index (χ0v) is 10.00. The van der Waals surface area contributed by atoms with Crippen LogP contribution in [0, 0.1) is 17.8 Å². The van der Waals surface area contributed by atoms with Gasteiger partial charge in [-0.15, -0.1) is 12.3 Å². The van der Waals surface area contributed by atoms with Crippen LogP contribution in [0.1, 0.15) is 32.1 Å². The van der Waals surface area contributed by atoms with Crippen molar-refractivity contribution < 1.29 is 9.59 Å². The zero-order chi connectivity index (χ0) is 12.3. The van der Waals surface area contributed by atoms with Crippen LogP contribution in [0.4, 0.5) is 0 Å². The highest BCUT2D eigenvalue weighted by Gasteiger charge is 2.41. The number of terminal acetylenes is 1. The van der Waals surface area contributed by atoms with Gasteiger partial charge in [-0.3, -0.25) is 9.59 Å².